The quantitative estimate of drug-likeness (QED) is 0.788. The van der Waals surface area contributed by atoms with E-state index in [4.69, 9.17) is 0 Å². The molecule has 1 unspecified atom stereocenters. The summed E-state index contributed by atoms with van der Waals surface area (Å²) in [5.74, 6) is 0.677. The van der Waals surface area contributed by atoms with Gasteiger partial charge >= 0.3 is 0 Å². The summed E-state index contributed by atoms with van der Waals surface area (Å²) < 4.78 is 0. The van der Waals surface area contributed by atoms with Crippen molar-refractivity contribution < 1.29 is 0 Å². The molecule has 0 aliphatic carbocycles. The van der Waals surface area contributed by atoms with Crippen LogP contribution in [-0.2, 0) is 6.54 Å². The predicted molar refractivity (Wildman–Crippen MR) is 103 cm³/mol. The van der Waals surface area contributed by atoms with Crippen molar-refractivity contribution in [1.82, 2.24) is 4.90 Å². The lowest BCUT2D eigenvalue weighted by molar-refractivity contribution is 0.131. The minimum atomic E-state index is 0.225. The van der Waals surface area contributed by atoms with Gasteiger partial charge in [-0.2, -0.15) is 0 Å². The van der Waals surface area contributed by atoms with Crippen LogP contribution in [0.25, 0.3) is 0 Å². The van der Waals surface area contributed by atoms with Crippen molar-refractivity contribution in [3.05, 3.63) is 66.2 Å². The molecule has 1 N–H and O–H groups in total. The zero-order valence-electron chi connectivity index (χ0n) is 15.0. The monoisotopic (exact) mass is 322 g/mol. The minimum Gasteiger partial charge on any atom is -0.379 e. The number of benzene rings is 2. The van der Waals surface area contributed by atoms with E-state index in [0.29, 0.717) is 5.92 Å². The fourth-order valence-corrected chi connectivity index (χ4v) is 3.89. The third-order valence-corrected chi connectivity index (χ3v) is 5.72. The SMILES string of the molecule is CCC(C)C1(Nc2ccccc2)CCN(Cc2ccccc2)CC1. The Morgan fingerprint density at radius 2 is 1.54 bits per heavy atom. The van der Waals surface area contributed by atoms with Crippen LogP contribution in [-0.4, -0.2) is 23.5 Å². The minimum absolute atomic E-state index is 0.225. The van der Waals surface area contributed by atoms with Crippen molar-refractivity contribution in [3.63, 3.8) is 0 Å². The summed E-state index contributed by atoms with van der Waals surface area (Å²) in [7, 11) is 0. The molecule has 2 aromatic rings. The van der Waals surface area contributed by atoms with Gasteiger partial charge in [0, 0.05) is 30.9 Å². The van der Waals surface area contributed by atoms with E-state index < -0.39 is 0 Å². The first-order valence-electron chi connectivity index (χ1n) is 9.31. The van der Waals surface area contributed by atoms with E-state index in [1.807, 2.05) is 0 Å². The van der Waals surface area contributed by atoms with Gasteiger partial charge in [0.05, 0.1) is 0 Å². The van der Waals surface area contributed by atoms with E-state index in [9.17, 15) is 0 Å². The Morgan fingerprint density at radius 1 is 0.958 bits per heavy atom. The molecule has 0 radical (unpaired) electrons. The highest BCUT2D eigenvalue weighted by atomic mass is 15.2. The first-order valence-corrected chi connectivity index (χ1v) is 9.31. The summed E-state index contributed by atoms with van der Waals surface area (Å²) in [4.78, 5) is 2.60. The summed E-state index contributed by atoms with van der Waals surface area (Å²) in [5.41, 5.74) is 2.90. The maximum absolute atomic E-state index is 3.90. The molecular formula is C22H30N2. The average Bonchev–Trinajstić information content (AvgIpc) is 2.64. The zero-order chi connectivity index (χ0) is 16.8. The largest absolute Gasteiger partial charge is 0.379 e. The van der Waals surface area contributed by atoms with Gasteiger partial charge in [0.25, 0.3) is 0 Å². The van der Waals surface area contributed by atoms with Gasteiger partial charge in [0.2, 0.25) is 0 Å². The molecule has 2 heteroatoms. The van der Waals surface area contributed by atoms with Gasteiger partial charge in [-0.05, 0) is 36.5 Å². The van der Waals surface area contributed by atoms with Crippen molar-refractivity contribution in [2.75, 3.05) is 18.4 Å². The van der Waals surface area contributed by atoms with Crippen LogP contribution in [0.1, 0.15) is 38.7 Å². The van der Waals surface area contributed by atoms with Crippen molar-refractivity contribution in [3.8, 4) is 0 Å². The molecule has 24 heavy (non-hydrogen) atoms. The number of para-hydroxylation sites is 1. The second-order valence-electron chi connectivity index (χ2n) is 7.22. The molecule has 0 spiro atoms. The number of anilines is 1. The molecule has 3 rings (SSSR count). The maximum Gasteiger partial charge on any atom is 0.0423 e. The van der Waals surface area contributed by atoms with Gasteiger partial charge in [0.15, 0.2) is 0 Å². The standard InChI is InChI=1S/C22H30N2/c1-3-19(2)22(23-21-12-8-5-9-13-21)14-16-24(17-15-22)18-20-10-6-4-7-11-20/h4-13,19,23H,3,14-18H2,1-2H3. The lowest BCUT2D eigenvalue weighted by atomic mass is 9.75. The van der Waals surface area contributed by atoms with Gasteiger partial charge < -0.3 is 5.32 Å². The number of nitrogens with one attached hydrogen (secondary N) is 1. The summed E-state index contributed by atoms with van der Waals surface area (Å²) >= 11 is 0. The lowest BCUT2D eigenvalue weighted by Gasteiger charge is -2.47. The summed E-state index contributed by atoms with van der Waals surface area (Å²) in [6, 6.07) is 21.6. The van der Waals surface area contributed by atoms with E-state index in [1.54, 1.807) is 0 Å². The van der Waals surface area contributed by atoms with E-state index >= 15 is 0 Å². The first-order chi connectivity index (χ1) is 11.7. The molecule has 1 aliphatic rings. The Labute approximate surface area is 146 Å². The highest BCUT2D eigenvalue weighted by Crippen LogP contribution is 2.35. The summed E-state index contributed by atoms with van der Waals surface area (Å²) in [6.07, 6.45) is 3.64. The molecule has 1 saturated heterocycles. The molecule has 0 saturated carbocycles. The van der Waals surface area contributed by atoms with Gasteiger partial charge in [-0.25, -0.2) is 0 Å². The van der Waals surface area contributed by atoms with Gasteiger partial charge in [-0.15, -0.1) is 0 Å². The van der Waals surface area contributed by atoms with E-state index in [0.717, 1.165) is 6.54 Å². The molecule has 0 amide bonds. The lowest BCUT2D eigenvalue weighted by Crippen LogP contribution is -2.52. The van der Waals surface area contributed by atoms with Crippen molar-refractivity contribution in [2.24, 2.45) is 5.92 Å². The van der Waals surface area contributed by atoms with Crippen LogP contribution in [0.2, 0.25) is 0 Å². The number of piperidine rings is 1. The first kappa shape index (κ1) is 17.0. The normalized spacial score (nSPS) is 18.9. The van der Waals surface area contributed by atoms with Gasteiger partial charge in [-0.1, -0.05) is 68.8 Å². The molecule has 1 fully saturated rings. The van der Waals surface area contributed by atoms with Crippen LogP contribution in [0.5, 0.6) is 0 Å². The number of hydrogen-bond donors (Lipinski definition) is 1. The third-order valence-electron chi connectivity index (χ3n) is 5.72. The number of likely N-dealkylation sites (tertiary alicyclic amines) is 1. The number of nitrogens with zero attached hydrogens (tertiary/aromatic N) is 1. The Morgan fingerprint density at radius 3 is 2.12 bits per heavy atom. The predicted octanol–water partition coefficient (Wildman–Crippen LogP) is 5.18. The molecule has 2 aromatic carbocycles. The fraction of sp³-hybridized carbons (Fsp3) is 0.455. The summed E-state index contributed by atoms with van der Waals surface area (Å²) in [6.45, 7) is 8.12. The molecular weight excluding hydrogens is 292 g/mol. The number of rotatable bonds is 6. The molecule has 0 aromatic heterocycles. The van der Waals surface area contributed by atoms with Crippen LogP contribution in [0.4, 0.5) is 5.69 Å². The zero-order valence-corrected chi connectivity index (χ0v) is 15.0. The second-order valence-corrected chi connectivity index (χ2v) is 7.22. The van der Waals surface area contributed by atoms with Crippen molar-refractivity contribution in [2.45, 2.75) is 45.2 Å². The molecule has 1 heterocycles. The van der Waals surface area contributed by atoms with Crippen LogP contribution >= 0.6 is 0 Å². The van der Waals surface area contributed by atoms with E-state index in [-0.39, 0.29) is 5.54 Å². The molecule has 0 bridgehead atoms. The summed E-state index contributed by atoms with van der Waals surface area (Å²) in [5, 5.41) is 3.90. The highest BCUT2D eigenvalue weighted by molar-refractivity contribution is 5.45. The molecule has 128 valence electrons. The van der Waals surface area contributed by atoms with Crippen LogP contribution in [0.15, 0.2) is 60.7 Å². The topological polar surface area (TPSA) is 15.3 Å². The third kappa shape index (κ3) is 3.99. The molecule has 1 atom stereocenters. The Kier molecular flexibility index (Phi) is 5.57. The van der Waals surface area contributed by atoms with Crippen molar-refractivity contribution in [1.29, 1.82) is 0 Å². The van der Waals surface area contributed by atoms with Gasteiger partial charge in [-0.3, -0.25) is 4.90 Å². The second kappa shape index (κ2) is 7.85. The van der Waals surface area contributed by atoms with Crippen LogP contribution in [0, 0.1) is 5.92 Å². The van der Waals surface area contributed by atoms with E-state index in [2.05, 4.69) is 84.7 Å². The van der Waals surface area contributed by atoms with Crippen LogP contribution < -0.4 is 5.32 Å². The van der Waals surface area contributed by atoms with Crippen molar-refractivity contribution >= 4 is 5.69 Å². The molecule has 1 aliphatic heterocycles. The average molecular weight is 322 g/mol. The highest BCUT2D eigenvalue weighted by Gasteiger charge is 2.38. The maximum atomic E-state index is 3.90. The van der Waals surface area contributed by atoms with Crippen LogP contribution in [0.3, 0.4) is 0 Å². The smallest absolute Gasteiger partial charge is 0.0423 e. The van der Waals surface area contributed by atoms with Gasteiger partial charge in [0.1, 0.15) is 0 Å². The Hall–Kier alpha value is -1.80. The molecule has 2 nitrogen and oxygen atoms in total. The Balaban J connectivity index is 1.66. The fourth-order valence-electron chi connectivity index (χ4n) is 3.89. The Bertz CT molecular complexity index is 600. The van der Waals surface area contributed by atoms with E-state index in [1.165, 1.54) is 43.6 Å². The number of hydrogen-bond acceptors (Lipinski definition) is 2.